The minimum Gasteiger partial charge on any atom is -0.389 e. The van der Waals surface area contributed by atoms with Gasteiger partial charge < -0.3 is 10.0 Å². The monoisotopic (exact) mass is 359 g/mol. The maximum absolute atomic E-state index is 13.1. The Labute approximate surface area is 160 Å². The number of hydrogen-bond donors (Lipinski definition) is 1. The van der Waals surface area contributed by atoms with Crippen LogP contribution in [0.4, 0.5) is 0 Å². The summed E-state index contributed by atoms with van der Waals surface area (Å²) in [6.45, 7) is 1.40. The third kappa shape index (κ3) is 4.04. The number of hydrogen-bond acceptors (Lipinski definition) is 2. The molecule has 0 unspecified atom stereocenters. The number of benzene rings is 2. The van der Waals surface area contributed by atoms with Crippen LogP contribution in [-0.4, -0.2) is 35.1 Å². The minimum atomic E-state index is -0.553. The third-order valence-electron chi connectivity index (χ3n) is 5.55. The molecular weight excluding hydrogens is 334 g/mol. The fourth-order valence-corrected chi connectivity index (χ4v) is 4.10. The summed E-state index contributed by atoms with van der Waals surface area (Å²) in [5, 5.41) is 10.3. The molecule has 2 aromatic rings. The first-order valence-electron chi connectivity index (χ1n) is 9.68. The SMILES string of the molecule is O=C([C@H]1CC(c2ccccc2)=C[C@@H](O)C1)N1CC=C(c2ccccc2)CC1. The van der Waals surface area contributed by atoms with Crippen LogP contribution in [0.5, 0.6) is 0 Å². The number of allylic oxidation sites excluding steroid dienone is 1. The van der Waals surface area contributed by atoms with E-state index in [1.807, 2.05) is 47.4 Å². The van der Waals surface area contributed by atoms with Crippen molar-refractivity contribution in [2.24, 2.45) is 5.92 Å². The summed E-state index contributed by atoms with van der Waals surface area (Å²) in [7, 11) is 0. The second kappa shape index (κ2) is 7.93. The number of carbonyl (C=O) groups is 1. The number of carbonyl (C=O) groups excluding carboxylic acids is 1. The predicted molar refractivity (Wildman–Crippen MR) is 109 cm³/mol. The molecule has 0 aromatic heterocycles. The van der Waals surface area contributed by atoms with Crippen molar-refractivity contribution >= 4 is 17.1 Å². The summed E-state index contributed by atoms with van der Waals surface area (Å²) >= 11 is 0. The van der Waals surface area contributed by atoms with E-state index < -0.39 is 6.10 Å². The zero-order chi connectivity index (χ0) is 18.6. The first-order chi connectivity index (χ1) is 13.2. The van der Waals surface area contributed by atoms with Crippen molar-refractivity contribution < 1.29 is 9.90 Å². The molecule has 1 aliphatic carbocycles. The van der Waals surface area contributed by atoms with Crippen molar-refractivity contribution in [3.05, 3.63) is 83.9 Å². The Hall–Kier alpha value is -2.65. The van der Waals surface area contributed by atoms with Gasteiger partial charge >= 0.3 is 0 Å². The van der Waals surface area contributed by atoms with E-state index in [2.05, 4.69) is 30.3 Å². The van der Waals surface area contributed by atoms with Crippen molar-refractivity contribution in [1.29, 1.82) is 0 Å². The second-order valence-electron chi connectivity index (χ2n) is 7.39. The summed E-state index contributed by atoms with van der Waals surface area (Å²) in [4.78, 5) is 15.0. The zero-order valence-electron chi connectivity index (χ0n) is 15.4. The third-order valence-corrected chi connectivity index (χ3v) is 5.55. The normalized spacial score (nSPS) is 22.8. The van der Waals surface area contributed by atoms with Crippen molar-refractivity contribution in [2.45, 2.75) is 25.4 Å². The molecule has 0 saturated heterocycles. The Morgan fingerprint density at radius 2 is 1.56 bits per heavy atom. The minimum absolute atomic E-state index is 0.146. The quantitative estimate of drug-likeness (QED) is 0.894. The van der Waals surface area contributed by atoms with Gasteiger partial charge in [-0.3, -0.25) is 4.79 Å². The average molecular weight is 359 g/mol. The molecule has 0 fully saturated rings. The van der Waals surface area contributed by atoms with E-state index in [0.29, 0.717) is 19.4 Å². The van der Waals surface area contributed by atoms with Gasteiger partial charge in [0, 0.05) is 19.0 Å². The highest BCUT2D eigenvalue weighted by molar-refractivity contribution is 5.84. The number of nitrogens with zero attached hydrogens (tertiary/aromatic N) is 1. The number of aliphatic hydroxyl groups is 1. The summed E-state index contributed by atoms with van der Waals surface area (Å²) < 4.78 is 0. The van der Waals surface area contributed by atoms with E-state index in [1.165, 1.54) is 11.1 Å². The fraction of sp³-hybridized carbons (Fsp3) is 0.292. The first-order valence-corrected chi connectivity index (χ1v) is 9.68. The summed E-state index contributed by atoms with van der Waals surface area (Å²) in [5.41, 5.74) is 4.73. The van der Waals surface area contributed by atoms with Gasteiger partial charge in [-0.25, -0.2) is 0 Å². The maximum atomic E-state index is 13.1. The largest absolute Gasteiger partial charge is 0.389 e. The number of aliphatic hydroxyl groups excluding tert-OH is 1. The second-order valence-corrected chi connectivity index (χ2v) is 7.39. The van der Waals surface area contributed by atoms with E-state index in [9.17, 15) is 9.90 Å². The Balaban J connectivity index is 1.44. The van der Waals surface area contributed by atoms with Crippen LogP contribution < -0.4 is 0 Å². The van der Waals surface area contributed by atoms with Crippen LogP contribution in [0.15, 0.2) is 72.8 Å². The van der Waals surface area contributed by atoms with E-state index in [-0.39, 0.29) is 11.8 Å². The highest BCUT2D eigenvalue weighted by Crippen LogP contribution is 2.33. The fourth-order valence-electron chi connectivity index (χ4n) is 4.10. The number of amides is 1. The molecule has 0 spiro atoms. The van der Waals surface area contributed by atoms with Crippen molar-refractivity contribution in [3.63, 3.8) is 0 Å². The van der Waals surface area contributed by atoms with Crippen LogP contribution in [0.3, 0.4) is 0 Å². The molecule has 1 amide bonds. The molecule has 3 heteroatoms. The van der Waals surface area contributed by atoms with Crippen LogP contribution in [0.2, 0.25) is 0 Å². The van der Waals surface area contributed by atoms with Crippen LogP contribution in [-0.2, 0) is 4.79 Å². The molecule has 27 heavy (non-hydrogen) atoms. The van der Waals surface area contributed by atoms with Gasteiger partial charge in [0.1, 0.15) is 0 Å². The van der Waals surface area contributed by atoms with Crippen LogP contribution >= 0.6 is 0 Å². The highest BCUT2D eigenvalue weighted by atomic mass is 16.3. The van der Waals surface area contributed by atoms with E-state index in [4.69, 9.17) is 0 Å². The molecule has 2 aromatic carbocycles. The first kappa shape index (κ1) is 17.7. The Kier molecular flexibility index (Phi) is 5.21. The molecule has 2 aliphatic rings. The molecule has 4 rings (SSSR count). The number of rotatable bonds is 3. The summed E-state index contributed by atoms with van der Waals surface area (Å²) in [5.74, 6) is 0.0193. The Morgan fingerprint density at radius 3 is 2.15 bits per heavy atom. The lowest BCUT2D eigenvalue weighted by Crippen LogP contribution is -2.40. The van der Waals surface area contributed by atoms with Gasteiger partial charge in [-0.05, 0) is 41.5 Å². The molecule has 1 heterocycles. The molecular formula is C24H25NO2. The zero-order valence-corrected chi connectivity index (χ0v) is 15.4. The topological polar surface area (TPSA) is 40.5 Å². The average Bonchev–Trinajstić information content (AvgIpc) is 2.74. The Morgan fingerprint density at radius 1 is 0.926 bits per heavy atom. The molecule has 0 radical (unpaired) electrons. The Bertz CT molecular complexity index is 854. The van der Waals surface area contributed by atoms with Crippen LogP contribution in [0, 0.1) is 5.92 Å². The van der Waals surface area contributed by atoms with Gasteiger partial charge in [0.2, 0.25) is 5.91 Å². The van der Waals surface area contributed by atoms with Crippen molar-refractivity contribution in [3.8, 4) is 0 Å². The molecule has 3 nitrogen and oxygen atoms in total. The van der Waals surface area contributed by atoms with Gasteiger partial charge in [0.25, 0.3) is 0 Å². The summed E-state index contributed by atoms with van der Waals surface area (Å²) in [6.07, 6.45) is 5.62. The lowest BCUT2D eigenvalue weighted by Gasteiger charge is -2.33. The smallest absolute Gasteiger partial charge is 0.226 e. The van der Waals surface area contributed by atoms with Crippen molar-refractivity contribution in [2.75, 3.05) is 13.1 Å². The molecule has 2 atom stereocenters. The van der Waals surface area contributed by atoms with Gasteiger partial charge in [-0.2, -0.15) is 0 Å². The van der Waals surface area contributed by atoms with E-state index >= 15 is 0 Å². The van der Waals surface area contributed by atoms with Crippen LogP contribution in [0.25, 0.3) is 11.1 Å². The van der Waals surface area contributed by atoms with Gasteiger partial charge in [-0.1, -0.05) is 72.8 Å². The van der Waals surface area contributed by atoms with Crippen molar-refractivity contribution in [1.82, 2.24) is 4.90 Å². The molecule has 1 N–H and O–H groups in total. The summed E-state index contributed by atoms with van der Waals surface area (Å²) in [6, 6.07) is 20.4. The van der Waals surface area contributed by atoms with Gasteiger partial charge in [0.15, 0.2) is 0 Å². The lowest BCUT2D eigenvalue weighted by molar-refractivity contribution is -0.136. The van der Waals surface area contributed by atoms with Gasteiger partial charge in [0.05, 0.1) is 6.10 Å². The molecule has 0 bridgehead atoms. The van der Waals surface area contributed by atoms with Gasteiger partial charge in [-0.15, -0.1) is 0 Å². The van der Waals surface area contributed by atoms with Crippen LogP contribution in [0.1, 0.15) is 30.4 Å². The van der Waals surface area contributed by atoms with E-state index in [1.54, 1.807) is 0 Å². The molecule has 138 valence electrons. The standard InChI is InChI=1S/C24H25NO2/c26-23-16-21(19-9-5-2-6-10-19)15-22(17-23)24(27)25-13-11-20(12-14-25)18-7-3-1-4-8-18/h1-11,16,22-23,26H,12-15,17H2/t22-,23+/m0/s1. The predicted octanol–water partition coefficient (Wildman–Crippen LogP) is 4.16. The lowest BCUT2D eigenvalue weighted by atomic mass is 9.83. The molecule has 0 saturated carbocycles. The molecule has 1 aliphatic heterocycles. The maximum Gasteiger partial charge on any atom is 0.226 e. The van der Waals surface area contributed by atoms with E-state index in [0.717, 1.165) is 24.1 Å². The highest BCUT2D eigenvalue weighted by Gasteiger charge is 2.31.